The summed E-state index contributed by atoms with van der Waals surface area (Å²) in [7, 11) is 1.61. The SMILES string of the molecule is COc1ccc(-c2nc(NC(=O)/C=C/c3c(F)cccc3Cl)sc2C)cc1. The fourth-order valence-corrected chi connectivity index (χ4v) is 3.51. The van der Waals surface area contributed by atoms with Crippen molar-refractivity contribution in [2.75, 3.05) is 12.4 Å². The van der Waals surface area contributed by atoms with E-state index in [9.17, 15) is 9.18 Å². The first kappa shape index (κ1) is 19.1. The molecule has 0 aliphatic rings. The zero-order valence-electron chi connectivity index (χ0n) is 14.6. The lowest BCUT2D eigenvalue weighted by molar-refractivity contribution is -0.111. The maximum atomic E-state index is 13.7. The Balaban J connectivity index is 1.74. The number of aryl methyl sites for hydroxylation is 1. The number of ether oxygens (including phenoxy) is 1. The molecule has 1 N–H and O–H groups in total. The molecule has 7 heteroatoms. The Morgan fingerprint density at radius 1 is 1.26 bits per heavy atom. The Hall–Kier alpha value is -2.70. The molecule has 3 rings (SSSR count). The van der Waals surface area contributed by atoms with Gasteiger partial charge in [-0.2, -0.15) is 0 Å². The number of carbonyl (C=O) groups is 1. The standard InChI is InChI=1S/C20H16ClFN2O2S/c1-12-19(13-6-8-14(26-2)9-7-13)24-20(27-12)23-18(25)11-10-15-16(21)4-3-5-17(15)22/h3-11H,1-2H3,(H,23,24,25)/b11-10+. The van der Waals surface area contributed by atoms with E-state index in [1.54, 1.807) is 13.2 Å². The summed E-state index contributed by atoms with van der Waals surface area (Å²) in [6.45, 7) is 1.93. The molecule has 4 nitrogen and oxygen atoms in total. The van der Waals surface area contributed by atoms with Crippen LogP contribution in [-0.2, 0) is 4.79 Å². The summed E-state index contributed by atoms with van der Waals surface area (Å²) in [5.41, 5.74) is 1.89. The summed E-state index contributed by atoms with van der Waals surface area (Å²) in [6, 6.07) is 11.9. The number of halogens is 2. The maximum absolute atomic E-state index is 13.7. The minimum Gasteiger partial charge on any atom is -0.497 e. The van der Waals surface area contributed by atoms with Gasteiger partial charge in [-0.05, 0) is 49.4 Å². The number of benzene rings is 2. The zero-order valence-corrected chi connectivity index (χ0v) is 16.2. The predicted molar refractivity (Wildman–Crippen MR) is 108 cm³/mol. The molecule has 1 aromatic heterocycles. The molecule has 0 radical (unpaired) electrons. The summed E-state index contributed by atoms with van der Waals surface area (Å²) in [4.78, 5) is 17.6. The highest BCUT2D eigenvalue weighted by Gasteiger charge is 2.12. The van der Waals surface area contributed by atoms with Crippen molar-refractivity contribution in [2.45, 2.75) is 6.92 Å². The van der Waals surface area contributed by atoms with Crippen molar-refractivity contribution in [3.05, 3.63) is 69.8 Å². The van der Waals surface area contributed by atoms with Crippen molar-refractivity contribution >= 4 is 40.1 Å². The van der Waals surface area contributed by atoms with E-state index < -0.39 is 11.7 Å². The molecule has 2 aromatic carbocycles. The number of rotatable bonds is 5. The van der Waals surface area contributed by atoms with Gasteiger partial charge in [0.1, 0.15) is 11.6 Å². The van der Waals surface area contributed by atoms with E-state index >= 15 is 0 Å². The van der Waals surface area contributed by atoms with Crippen LogP contribution in [0.1, 0.15) is 10.4 Å². The zero-order chi connectivity index (χ0) is 19.4. The highest BCUT2D eigenvalue weighted by molar-refractivity contribution is 7.16. The summed E-state index contributed by atoms with van der Waals surface area (Å²) in [6.07, 6.45) is 2.58. The molecular weight excluding hydrogens is 387 g/mol. The van der Waals surface area contributed by atoms with Crippen LogP contribution in [0.3, 0.4) is 0 Å². The van der Waals surface area contributed by atoms with Gasteiger partial charge < -0.3 is 4.74 Å². The first-order chi connectivity index (χ1) is 13.0. The lowest BCUT2D eigenvalue weighted by Crippen LogP contribution is -2.07. The van der Waals surface area contributed by atoms with Crippen LogP contribution in [0.2, 0.25) is 5.02 Å². The number of nitrogens with one attached hydrogen (secondary N) is 1. The number of nitrogens with zero attached hydrogens (tertiary/aromatic N) is 1. The van der Waals surface area contributed by atoms with E-state index in [1.165, 1.54) is 35.6 Å². The Bertz CT molecular complexity index is 979. The van der Waals surface area contributed by atoms with E-state index in [0.29, 0.717) is 5.13 Å². The van der Waals surface area contributed by atoms with Crippen LogP contribution in [0.4, 0.5) is 9.52 Å². The molecule has 1 heterocycles. The topological polar surface area (TPSA) is 51.2 Å². The molecule has 0 aliphatic heterocycles. The van der Waals surface area contributed by atoms with Gasteiger partial charge in [0.25, 0.3) is 0 Å². The average molecular weight is 403 g/mol. The Morgan fingerprint density at radius 2 is 2.00 bits per heavy atom. The van der Waals surface area contributed by atoms with Crippen molar-refractivity contribution in [1.29, 1.82) is 0 Å². The molecule has 0 unspecified atom stereocenters. The van der Waals surface area contributed by atoms with Gasteiger partial charge in [0.15, 0.2) is 5.13 Å². The van der Waals surface area contributed by atoms with Gasteiger partial charge in [-0.25, -0.2) is 9.37 Å². The van der Waals surface area contributed by atoms with Crippen LogP contribution in [0.15, 0.2) is 48.5 Å². The maximum Gasteiger partial charge on any atom is 0.250 e. The second-order valence-corrected chi connectivity index (χ2v) is 7.22. The molecule has 138 valence electrons. The number of methoxy groups -OCH3 is 1. The van der Waals surface area contributed by atoms with Gasteiger partial charge in [-0.3, -0.25) is 10.1 Å². The highest BCUT2D eigenvalue weighted by Crippen LogP contribution is 2.31. The normalized spacial score (nSPS) is 11.0. The van der Waals surface area contributed by atoms with Crippen LogP contribution in [-0.4, -0.2) is 18.0 Å². The third kappa shape index (κ3) is 4.53. The van der Waals surface area contributed by atoms with Crippen LogP contribution < -0.4 is 10.1 Å². The molecule has 27 heavy (non-hydrogen) atoms. The van der Waals surface area contributed by atoms with Gasteiger partial charge in [-0.15, -0.1) is 11.3 Å². The molecule has 0 fully saturated rings. The minimum absolute atomic E-state index is 0.170. The third-order valence-corrected chi connectivity index (χ3v) is 5.01. The molecule has 0 atom stereocenters. The van der Waals surface area contributed by atoms with Crippen molar-refractivity contribution < 1.29 is 13.9 Å². The van der Waals surface area contributed by atoms with Crippen LogP contribution in [0, 0.1) is 12.7 Å². The van der Waals surface area contributed by atoms with E-state index in [2.05, 4.69) is 10.3 Å². The Labute approximate surface area is 165 Å². The van der Waals surface area contributed by atoms with Gasteiger partial charge in [0, 0.05) is 22.1 Å². The number of anilines is 1. The summed E-state index contributed by atoms with van der Waals surface area (Å²) >= 11 is 7.31. The Morgan fingerprint density at radius 3 is 2.67 bits per heavy atom. The fourth-order valence-electron chi connectivity index (χ4n) is 2.44. The largest absolute Gasteiger partial charge is 0.497 e. The second kappa shape index (κ2) is 8.33. The summed E-state index contributed by atoms with van der Waals surface area (Å²) < 4.78 is 18.9. The number of hydrogen-bond donors (Lipinski definition) is 1. The first-order valence-corrected chi connectivity index (χ1v) is 9.22. The second-order valence-electron chi connectivity index (χ2n) is 5.61. The number of carbonyl (C=O) groups excluding carboxylic acids is 1. The highest BCUT2D eigenvalue weighted by atomic mass is 35.5. The van der Waals surface area contributed by atoms with E-state index in [1.807, 2.05) is 31.2 Å². The Kier molecular flexibility index (Phi) is 5.88. The fraction of sp³-hybridized carbons (Fsp3) is 0.100. The lowest BCUT2D eigenvalue weighted by Gasteiger charge is -2.02. The predicted octanol–water partition coefficient (Wildman–Crippen LogP) is 5.57. The number of amides is 1. The van der Waals surface area contributed by atoms with E-state index in [-0.39, 0.29) is 10.6 Å². The van der Waals surface area contributed by atoms with Crippen LogP contribution >= 0.6 is 22.9 Å². The lowest BCUT2D eigenvalue weighted by atomic mass is 10.1. The van der Waals surface area contributed by atoms with E-state index in [0.717, 1.165) is 21.9 Å². The molecule has 3 aromatic rings. The number of aromatic nitrogens is 1. The van der Waals surface area contributed by atoms with E-state index in [4.69, 9.17) is 16.3 Å². The molecule has 0 aliphatic carbocycles. The van der Waals surface area contributed by atoms with Gasteiger partial charge in [0.05, 0.1) is 17.8 Å². The smallest absolute Gasteiger partial charge is 0.250 e. The van der Waals surface area contributed by atoms with Gasteiger partial charge in [-0.1, -0.05) is 17.7 Å². The minimum atomic E-state index is -0.488. The van der Waals surface area contributed by atoms with Crippen molar-refractivity contribution in [3.63, 3.8) is 0 Å². The monoisotopic (exact) mass is 402 g/mol. The average Bonchev–Trinajstić information content (AvgIpc) is 3.01. The quantitative estimate of drug-likeness (QED) is 0.567. The number of hydrogen-bond acceptors (Lipinski definition) is 4. The van der Waals surface area contributed by atoms with Crippen molar-refractivity contribution in [3.8, 4) is 17.0 Å². The third-order valence-electron chi connectivity index (χ3n) is 3.79. The molecule has 0 bridgehead atoms. The number of thiazole rings is 1. The first-order valence-electron chi connectivity index (χ1n) is 8.03. The summed E-state index contributed by atoms with van der Waals surface area (Å²) in [5, 5.41) is 3.40. The molecular formula is C20H16ClFN2O2S. The summed E-state index contributed by atoms with van der Waals surface area (Å²) in [5.74, 6) is -0.139. The van der Waals surface area contributed by atoms with Crippen molar-refractivity contribution in [1.82, 2.24) is 4.98 Å². The van der Waals surface area contributed by atoms with Crippen LogP contribution in [0.5, 0.6) is 5.75 Å². The molecule has 0 saturated carbocycles. The molecule has 0 saturated heterocycles. The van der Waals surface area contributed by atoms with Gasteiger partial charge in [0.2, 0.25) is 5.91 Å². The van der Waals surface area contributed by atoms with Crippen LogP contribution in [0.25, 0.3) is 17.3 Å². The van der Waals surface area contributed by atoms with Gasteiger partial charge >= 0.3 is 0 Å². The van der Waals surface area contributed by atoms with Crippen molar-refractivity contribution in [2.24, 2.45) is 0 Å². The molecule has 1 amide bonds. The molecule has 0 spiro atoms.